The lowest BCUT2D eigenvalue weighted by Crippen LogP contribution is -2.08. The van der Waals surface area contributed by atoms with Crippen molar-refractivity contribution in [3.05, 3.63) is 72.1 Å². The number of aryl methyl sites for hydroxylation is 2. The van der Waals surface area contributed by atoms with Gasteiger partial charge in [-0.3, -0.25) is 4.57 Å². The molecule has 1 heterocycles. The second-order valence-corrected chi connectivity index (χ2v) is 7.79. The van der Waals surface area contributed by atoms with Crippen molar-refractivity contribution >= 4 is 11.8 Å². The monoisotopic (exact) mass is 425 g/mol. The number of hydrogen-bond donors (Lipinski definition) is 0. The summed E-state index contributed by atoms with van der Waals surface area (Å²) in [6.07, 6.45) is 1.84. The summed E-state index contributed by atoms with van der Waals surface area (Å²) in [7, 11) is 1.65. The Morgan fingerprint density at radius 1 is 1.03 bits per heavy atom. The highest BCUT2D eigenvalue weighted by Crippen LogP contribution is 2.22. The number of methoxy groups -OCH3 is 1. The van der Waals surface area contributed by atoms with Crippen molar-refractivity contribution in [2.45, 2.75) is 32.2 Å². The lowest BCUT2D eigenvalue weighted by molar-refractivity contribution is 0.287. The maximum atomic E-state index is 5.98. The zero-order chi connectivity index (χ0) is 21.3. The fourth-order valence-electron chi connectivity index (χ4n) is 2.91. The van der Waals surface area contributed by atoms with Gasteiger partial charge in [-0.1, -0.05) is 35.5 Å². The number of thioether (sulfide) groups is 1. The van der Waals surface area contributed by atoms with E-state index >= 15 is 0 Å². The van der Waals surface area contributed by atoms with Crippen LogP contribution in [0.1, 0.15) is 17.0 Å². The Morgan fingerprint density at radius 2 is 1.80 bits per heavy atom. The van der Waals surface area contributed by atoms with Gasteiger partial charge in [-0.25, -0.2) is 0 Å². The predicted molar refractivity (Wildman–Crippen MR) is 120 cm³/mol. The number of rotatable bonds is 11. The molecule has 0 spiro atoms. The first-order valence-corrected chi connectivity index (χ1v) is 10.7. The first kappa shape index (κ1) is 21.8. The summed E-state index contributed by atoms with van der Waals surface area (Å²) in [4.78, 5) is 0. The van der Waals surface area contributed by atoms with Crippen LogP contribution in [0.2, 0.25) is 0 Å². The summed E-state index contributed by atoms with van der Waals surface area (Å²) in [5, 5.41) is 9.47. The third-order valence-electron chi connectivity index (χ3n) is 4.43. The number of aromatic nitrogens is 3. The van der Waals surface area contributed by atoms with Crippen molar-refractivity contribution in [1.82, 2.24) is 14.8 Å². The van der Waals surface area contributed by atoms with E-state index in [9.17, 15) is 0 Å². The molecule has 0 amide bonds. The number of nitrogens with zero attached hydrogens (tertiary/aromatic N) is 3. The molecule has 30 heavy (non-hydrogen) atoms. The van der Waals surface area contributed by atoms with Crippen LogP contribution in [0.25, 0.3) is 0 Å². The molecular weight excluding hydrogens is 398 g/mol. The van der Waals surface area contributed by atoms with Gasteiger partial charge in [0.2, 0.25) is 0 Å². The first-order chi connectivity index (χ1) is 14.6. The van der Waals surface area contributed by atoms with E-state index in [1.807, 2.05) is 54.0 Å². The van der Waals surface area contributed by atoms with Gasteiger partial charge in [-0.2, -0.15) is 0 Å². The minimum absolute atomic E-state index is 0.355. The minimum Gasteiger partial charge on any atom is -0.497 e. The summed E-state index contributed by atoms with van der Waals surface area (Å²) < 4.78 is 18.9. The first-order valence-electron chi connectivity index (χ1n) is 9.73. The minimum atomic E-state index is 0.355. The average molecular weight is 426 g/mol. The molecule has 0 N–H and O–H groups in total. The Morgan fingerprint density at radius 3 is 2.50 bits per heavy atom. The number of allylic oxidation sites excluding steroid dienone is 1. The van der Waals surface area contributed by atoms with Crippen molar-refractivity contribution < 1.29 is 14.2 Å². The molecule has 7 heteroatoms. The maximum Gasteiger partial charge on any atom is 0.191 e. The maximum absolute atomic E-state index is 5.98. The lowest BCUT2D eigenvalue weighted by atomic mass is 10.1. The van der Waals surface area contributed by atoms with Crippen LogP contribution >= 0.6 is 11.8 Å². The Kier molecular flexibility index (Phi) is 7.79. The lowest BCUT2D eigenvalue weighted by Gasteiger charge is -2.11. The van der Waals surface area contributed by atoms with Gasteiger partial charge < -0.3 is 14.2 Å². The van der Waals surface area contributed by atoms with Crippen molar-refractivity contribution in [1.29, 1.82) is 0 Å². The molecule has 0 aliphatic rings. The largest absolute Gasteiger partial charge is 0.497 e. The summed E-state index contributed by atoms with van der Waals surface area (Å²) in [6.45, 7) is 9.50. The molecule has 1 aromatic heterocycles. The zero-order valence-corrected chi connectivity index (χ0v) is 18.4. The molecule has 3 rings (SSSR count). The Hall–Kier alpha value is -2.93. The SMILES string of the molecule is C=CCn1c(COc2ccc(C)cc2C)nnc1SCCOc1ccc(OC)cc1. The molecule has 2 aromatic carbocycles. The van der Waals surface area contributed by atoms with Gasteiger partial charge in [0, 0.05) is 12.3 Å². The van der Waals surface area contributed by atoms with Gasteiger partial charge in [0.15, 0.2) is 11.0 Å². The molecule has 0 aliphatic heterocycles. The van der Waals surface area contributed by atoms with Gasteiger partial charge in [-0.15, -0.1) is 16.8 Å². The third-order valence-corrected chi connectivity index (χ3v) is 5.37. The van der Waals surface area contributed by atoms with E-state index < -0.39 is 0 Å². The van der Waals surface area contributed by atoms with Crippen LogP contribution in [0.4, 0.5) is 0 Å². The van der Waals surface area contributed by atoms with E-state index in [0.717, 1.165) is 39.5 Å². The number of hydrogen-bond acceptors (Lipinski definition) is 6. The van der Waals surface area contributed by atoms with E-state index in [1.165, 1.54) is 5.56 Å². The summed E-state index contributed by atoms with van der Waals surface area (Å²) >= 11 is 1.60. The molecule has 0 unspecified atom stereocenters. The van der Waals surface area contributed by atoms with Crippen molar-refractivity contribution in [2.75, 3.05) is 19.5 Å². The molecule has 0 atom stereocenters. The van der Waals surface area contributed by atoms with Crippen molar-refractivity contribution in [2.24, 2.45) is 0 Å². The van der Waals surface area contributed by atoms with Gasteiger partial charge in [0.1, 0.15) is 23.9 Å². The quantitative estimate of drug-likeness (QED) is 0.249. The van der Waals surface area contributed by atoms with Crippen LogP contribution in [0.5, 0.6) is 17.2 Å². The van der Waals surface area contributed by atoms with Crippen LogP contribution in [0.15, 0.2) is 60.3 Å². The normalized spacial score (nSPS) is 10.6. The molecular formula is C23H27N3O3S. The zero-order valence-electron chi connectivity index (χ0n) is 17.6. The van der Waals surface area contributed by atoms with Gasteiger partial charge >= 0.3 is 0 Å². The highest BCUT2D eigenvalue weighted by atomic mass is 32.2. The Labute approximate surface area is 181 Å². The van der Waals surface area contributed by atoms with E-state index in [4.69, 9.17) is 14.2 Å². The fourth-order valence-corrected chi connectivity index (χ4v) is 3.70. The van der Waals surface area contributed by atoms with Crippen molar-refractivity contribution in [3.63, 3.8) is 0 Å². The smallest absolute Gasteiger partial charge is 0.191 e. The fraction of sp³-hybridized carbons (Fsp3) is 0.304. The van der Waals surface area contributed by atoms with Crippen molar-refractivity contribution in [3.8, 4) is 17.2 Å². The van der Waals surface area contributed by atoms with Crippen LogP contribution in [0, 0.1) is 13.8 Å². The van der Waals surface area contributed by atoms with Gasteiger partial charge in [0.25, 0.3) is 0 Å². The Bertz CT molecular complexity index is 970. The average Bonchev–Trinajstić information content (AvgIpc) is 3.13. The summed E-state index contributed by atoms with van der Waals surface area (Å²) in [6, 6.07) is 13.7. The summed E-state index contributed by atoms with van der Waals surface area (Å²) in [5.74, 6) is 4.00. The van der Waals surface area contributed by atoms with E-state index in [-0.39, 0.29) is 0 Å². The third kappa shape index (κ3) is 5.79. The molecule has 158 valence electrons. The second kappa shape index (κ2) is 10.7. The van der Waals surface area contributed by atoms with E-state index in [2.05, 4.69) is 29.8 Å². The second-order valence-electron chi connectivity index (χ2n) is 6.73. The standard InChI is InChI=1S/C23H27N3O3S/c1-5-12-26-22(16-29-21-11-6-17(2)15-18(21)3)24-25-23(26)30-14-13-28-20-9-7-19(27-4)8-10-20/h5-11,15H,1,12-14,16H2,2-4H3. The van der Waals surface area contributed by atoms with Crippen LogP contribution in [-0.4, -0.2) is 34.2 Å². The highest BCUT2D eigenvalue weighted by molar-refractivity contribution is 7.99. The van der Waals surface area contributed by atoms with Gasteiger partial charge in [0.05, 0.1) is 13.7 Å². The molecule has 6 nitrogen and oxygen atoms in total. The highest BCUT2D eigenvalue weighted by Gasteiger charge is 2.13. The van der Waals surface area contributed by atoms with Crippen LogP contribution < -0.4 is 14.2 Å². The van der Waals surface area contributed by atoms with Gasteiger partial charge in [-0.05, 0) is 49.7 Å². The molecule has 0 fully saturated rings. The molecule has 3 aromatic rings. The number of ether oxygens (including phenoxy) is 3. The molecule has 0 bridgehead atoms. The molecule has 0 radical (unpaired) electrons. The molecule has 0 aliphatic carbocycles. The number of benzene rings is 2. The molecule has 0 saturated heterocycles. The van der Waals surface area contributed by atoms with Crippen LogP contribution in [0.3, 0.4) is 0 Å². The van der Waals surface area contributed by atoms with Crippen LogP contribution in [-0.2, 0) is 13.2 Å². The molecule has 0 saturated carbocycles. The van der Waals surface area contributed by atoms with E-state index in [1.54, 1.807) is 18.9 Å². The van der Waals surface area contributed by atoms with E-state index in [0.29, 0.717) is 19.8 Å². The Balaban J connectivity index is 1.55. The summed E-state index contributed by atoms with van der Waals surface area (Å²) in [5.41, 5.74) is 2.32. The topological polar surface area (TPSA) is 58.4 Å². The predicted octanol–water partition coefficient (Wildman–Crippen LogP) is 4.84.